The molecule has 0 saturated heterocycles. The highest BCUT2D eigenvalue weighted by atomic mass is 16.5. The van der Waals surface area contributed by atoms with Crippen molar-refractivity contribution in [2.45, 2.75) is 6.92 Å². The first kappa shape index (κ1) is 17.0. The van der Waals surface area contributed by atoms with Gasteiger partial charge in [-0.25, -0.2) is 4.98 Å². The fourth-order valence-electron chi connectivity index (χ4n) is 2.80. The molecule has 2 aromatic carbocycles. The van der Waals surface area contributed by atoms with Crippen molar-refractivity contribution in [2.24, 2.45) is 5.92 Å². The van der Waals surface area contributed by atoms with Crippen LogP contribution in [0, 0.1) is 5.92 Å². The lowest BCUT2D eigenvalue weighted by molar-refractivity contribution is -0.119. The number of ether oxygens (including phenoxy) is 1. The Morgan fingerprint density at radius 1 is 1.20 bits per heavy atom. The lowest BCUT2D eigenvalue weighted by Gasteiger charge is -2.15. The molecule has 0 spiro atoms. The fraction of sp³-hybridized carbons (Fsp3) is 0.263. The molecule has 3 aromatic rings. The van der Waals surface area contributed by atoms with Crippen LogP contribution in [0.3, 0.4) is 0 Å². The van der Waals surface area contributed by atoms with Crippen molar-refractivity contribution in [1.29, 1.82) is 0 Å². The Morgan fingerprint density at radius 3 is 2.68 bits per heavy atom. The Balaban J connectivity index is 2.11. The number of benzene rings is 2. The van der Waals surface area contributed by atoms with Crippen molar-refractivity contribution in [3.63, 3.8) is 0 Å². The molecule has 0 saturated carbocycles. The van der Waals surface area contributed by atoms with Gasteiger partial charge in [0.25, 0.3) is 0 Å². The van der Waals surface area contributed by atoms with Crippen LogP contribution in [0.1, 0.15) is 6.92 Å². The maximum Gasteiger partial charge on any atom is 0.230 e. The molecule has 6 heteroatoms. The summed E-state index contributed by atoms with van der Waals surface area (Å²) in [6.45, 7) is 2.47. The summed E-state index contributed by atoms with van der Waals surface area (Å²) in [5.41, 5.74) is 2.55. The van der Waals surface area contributed by atoms with Gasteiger partial charge < -0.3 is 10.1 Å². The van der Waals surface area contributed by atoms with Crippen molar-refractivity contribution in [3.8, 4) is 11.4 Å². The van der Waals surface area contributed by atoms with Crippen LogP contribution >= 0.6 is 0 Å². The van der Waals surface area contributed by atoms with Gasteiger partial charge in [-0.2, -0.15) is 0 Å². The summed E-state index contributed by atoms with van der Waals surface area (Å²) in [4.78, 5) is 17.1. The topological polar surface area (TPSA) is 68.2 Å². The number of fused-ring (bicyclic) bond motifs is 1. The van der Waals surface area contributed by atoms with Gasteiger partial charge in [-0.05, 0) is 31.3 Å². The second-order valence-corrected chi connectivity index (χ2v) is 5.88. The minimum absolute atomic E-state index is 0.0826. The molecule has 3 rings (SSSR count). The Labute approximate surface area is 146 Å². The average Bonchev–Trinajstić information content (AvgIpc) is 2.99. The van der Waals surface area contributed by atoms with Crippen LogP contribution in [0.5, 0.6) is 5.75 Å². The molecule has 1 amide bonds. The molecule has 1 unspecified atom stereocenters. The zero-order valence-electron chi connectivity index (χ0n) is 14.6. The van der Waals surface area contributed by atoms with E-state index in [1.807, 2.05) is 67.1 Å². The first-order valence-corrected chi connectivity index (χ1v) is 8.22. The highest BCUT2D eigenvalue weighted by molar-refractivity contribution is 5.94. The third-order valence-corrected chi connectivity index (χ3v) is 4.08. The molecule has 0 aliphatic rings. The number of nitrogens with one attached hydrogen (secondary N) is 2. The standard InChI is InChI=1S/C19H22N4O2/c1-13(12-20-2)18(24)22-19-21-14-8-4-5-9-15(14)23(19)16-10-6-7-11-17(16)25-3/h4-11,13,20H,12H2,1-3H3,(H,21,22,24). The number of hydrogen-bond donors (Lipinski definition) is 2. The zero-order valence-corrected chi connectivity index (χ0v) is 14.6. The number of aromatic nitrogens is 2. The molecule has 2 N–H and O–H groups in total. The van der Waals surface area contributed by atoms with Crippen LogP contribution in [0.15, 0.2) is 48.5 Å². The molecule has 0 bridgehead atoms. The molecule has 0 aliphatic heterocycles. The molecule has 1 atom stereocenters. The number of amides is 1. The van der Waals surface area contributed by atoms with Crippen molar-refractivity contribution < 1.29 is 9.53 Å². The number of methoxy groups -OCH3 is 1. The molecule has 6 nitrogen and oxygen atoms in total. The first-order chi connectivity index (χ1) is 12.2. The third kappa shape index (κ3) is 3.34. The summed E-state index contributed by atoms with van der Waals surface area (Å²) in [7, 11) is 3.46. The van der Waals surface area contributed by atoms with E-state index in [2.05, 4.69) is 15.6 Å². The normalized spacial score (nSPS) is 12.1. The van der Waals surface area contributed by atoms with Gasteiger partial charge in [0.1, 0.15) is 5.75 Å². The van der Waals surface area contributed by atoms with Gasteiger partial charge in [-0.1, -0.05) is 31.2 Å². The SMILES string of the molecule is CNCC(C)C(=O)Nc1nc2ccccc2n1-c1ccccc1OC. The molecule has 1 aromatic heterocycles. The molecule has 0 aliphatic carbocycles. The Hall–Kier alpha value is -2.86. The summed E-state index contributed by atoms with van der Waals surface area (Å²) >= 11 is 0. The van der Waals surface area contributed by atoms with Gasteiger partial charge in [0.15, 0.2) is 0 Å². The molecule has 130 valence electrons. The van der Waals surface area contributed by atoms with E-state index in [1.165, 1.54) is 0 Å². The first-order valence-electron chi connectivity index (χ1n) is 8.22. The van der Waals surface area contributed by atoms with Crippen molar-refractivity contribution in [3.05, 3.63) is 48.5 Å². The summed E-state index contributed by atoms with van der Waals surface area (Å²) in [6, 6.07) is 15.5. The second-order valence-electron chi connectivity index (χ2n) is 5.88. The van der Waals surface area contributed by atoms with E-state index in [1.54, 1.807) is 7.11 Å². The lowest BCUT2D eigenvalue weighted by Crippen LogP contribution is -2.29. The number of anilines is 1. The smallest absolute Gasteiger partial charge is 0.230 e. The van der Waals surface area contributed by atoms with E-state index in [4.69, 9.17) is 4.74 Å². The third-order valence-electron chi connectivity index (χ3n) is 4.08. The number of carbonyl (C=O) groups excluding carboxylic acids is 1. The summed E-state index contributed by atoms with van der Waals surface area (Å²) in [5.74, 6) is 0.944. The number of para-hydroxylation sites is 4. The maximum atomic E-state index is 12.5. The molecular formula is C19H22N4O2. The van der Waals surface area contributed by atoms with Gasteiger partial charge in [0.2, 0.25) is 11.9 Å². The van der Waals surface area contributed by atoms with Gasteiger partial charge in [0, 0.05) is 12.5 Å². The molecule has 25 heavy (non-hydrogen) atoms. The summed E-state index contributed by atoms with van der Waals surface area (Å²) in [6.07, 6.45) is 0. The highest BCUT2D eigenvalue weighted by Crippen LogP contribution is 2.30. The van der Waals surface area contributed by atoms with Crippen LogP contribution < -0.4 is 15.4 Å². The predicted molar refractivity (Wildman–Crippen MR) is 99.3 cm³/mol. The van der Waals surface area contributed by atoms with Crippen LogP contribution in [0.4, 0.5) is 5.95 Å². The maximum absolute atomic E-state index is 12.5. The highest BCUT2D eigenvalue weighted by Gasteiger charge is 2.19. The summed E-state index contributed by atoms with van der Waals surface area (Å²) in [5, 5.41) is 5.97. The van der Waals surface area contributed by atoms with E-state index in [0.717, 1.165) is 16.7 Å². The molecule has 1 heterocycles. The van der Waals surface area contributed by atoms with Gasteiger partial charge in [-0.15, -0.1) is 0 Å². The van der Waals surface area contributed by atoms with Crippen molar-refractivity contribution in [1.82, 2.24) is 14.9 Å². The lowest BCUT2D eigenvalue weighted by atomic mass is 10.1. The van der Waals surface area contributed by atoms with E-state index in [-0.39, 0.29) is 11.8 Å². The van der Waals surface area contributed by atoms with Gasteiger partial charge in [0.05, 0.1) is 23.8 Å². The van der Waals surface area contributed by atoms with Crippen LogP contribution in [0.25, 0.3) is 16.7 Å². The van der Waals surface area contributed by atoms with Crippen molar-refractivity contribution in [2.75, 3.05) is 26.0 Å². The predicted octanol–water partition coefficient (Wildman–Crippen LogP) is 2.83. The Morgan fingerprint density at radius 2 is 1.92 bits per heavy atom. The van der Waals surface area contributed by atoms with Crippen LogP contribution in [-0.4, -0.2) is 36.2 Å². The number of rotatable bonds is 6. The monoisotopic (exact) mass is 338 g/mol. The van der Waals surface area contributed by atoms with Gasteiger partial charge in [-0.3, -0.25) is 14.7 Å². The van der Waals surface area contributed by atoms with E-state index in [0.29, 0.717) is 18.2 Å². The van der Waals surface area contributed by atoms with E-state index < -0.39 is 0 Å². The second kappa shape index (κ2) is 7.36. The number of imidazole rings is 1. The average molecular weight is 338 g/mol. The Bertz CT molecular complexity index is 888. The van der Waals surface area contributed by atoms with Crippen LogP contribution in [0.2, 0.25) is 0 Å². The number of carbonyl (C=O) groups is 1. The minimum Gasteiger partial charge on any atom is -0.495 e. The van der Waals surface area contributed by atoms with E-state index >= 15 is 0 Å². The molecule has 0 radical (unpaired) electrons. The van der Waals surface area contributed by atoms with E-state index in [9.17, 15) is 4.79 Å². The van der Waals surface area contributed by atoms with Gasteiger partial charge >= 0.3 is 0 Å². The van der Waals surface area contributed by atoms with Crippen molar-refractivity contribution >= 4 is 22.9 Å². The molecular weight excluding hydrogens is 316 g/mol. The van der Waals surface area contributed by atoms with Crippen LogP contribution in [-0.2, 0) is 4.79 Å². The quantitative estimate of drug-likeness (QED) is 0.725. The molecule has 0 fully saturated rings. The largest absolute Gasteiger partial charge is 0.495 e. The number of hydrogen-bond acceptors (Lipinski definition) is 4. The Kier molecular flexibility index (Phi) is 5.00. The minimum atomic E-state index is -0.170. The summed E-state index contributed by atoms with van der Waals surface area (Å²) < 4.78 is 7.41. The zero-order chi connectivity index (χ0) is 17.8. The number of nitrogens with zero attached hydrogens (tertiary/aromatic N) is 2. The fourth-order valence-corrected chi connectivity index (χ4v) is 2.80.